The summed E-state index contributed by atoms with van der Waals surface area (Å²) < 4.78 is 16.1. The van der Waals surface area contributed by atoms with Crippen molar-refractivity contribution in [2.45, 2.75) is 13.1 Å². The van der Waals surface area contributed by atoms with Gasteiger partial charge in [-0.05, 0) is 35.4 Å². The lowest BCUT2D eigenvalue weighted by Crippen LogP contribution is -2.51. The van der Waals surface area contributed by atoms with Gasteiger partial charge in [0.25, 0.3) is 0 Å². The summed E-state index contributed by atoms with van der Waals surface area (Å²) in [6, 6.07) is 13.3. The minimum Gasteiger partial charge on any atom is -0.493 e. The largest absolute Gasteiger partial charge is 0.493 e. The Morgan fingerprint density at radius 3 is 2.10 bits per heavy atom. The minimum absolute atomic E-state index is 0.0909. The van der Waals surface area contributed by atoms with E-state index in [0.717, 1.165) is 25.2 Å². The van der Waals surface area contributed by atoms with E-state index in [1.807, 2.05) is 41.3 Å². The SMILES string of the molecule is COc1cc(CNC(=O)N2CCN(Cc3ccc(C#N)cc3)CC2)cc(OC)c1OC. The molecule has 0 unspecified atom stereocenters. The molecule has 1 heterocycles. The number of carbonyl (C=O) groups is 1. The van der Waals surface area contributed by atoms with Crippen LogP contribution in [0.3, 0.4) is 0 Å². The van der Waals surface area contributed by atoms with Crippen LogP contribution < -0.4 is 19.5 Å². The van der Waals surface area contributed by atoms with Gasteiger partial charge in [0.2, 0.25) is 5.75 Å². The Morgan fingerprint density at radius 2 is 1.58 bits per heavy atom. The number of amides is 2. The maximum atomic E-state index is 12.6. The van der Waals surface area contributed by atoms with Gasteiger partial charge in [-0.2, -0.15) is 5.26 Å². The Labute approximate surface area is 182 Å². The predicted octanol–water partition coefficient (Wildman–Crippen LogP) is 2.61. The van der Waals surface area contributed by atoms with E-state index in [1.54, 1.807) is 21.3 Å². The van der Waals surface area contributed by atoms with Crippen LogP contribution >= 0.6 is 0 Å². The Hall–Kier alpha value is -3.44. The smallest absolute Gasteiger partial charge is 0.317 e. The molecular formula is C23H28N4O4. The number of hydrogen-bond donors (Lipinski definition) is 1. The first-order valence-corrected chi connectivity index (χ1v) is 10.1. The Balaban J connectivity index is 1.50. The number of nitriles is 1. The average Bonchev–Trinajstić information content (AvgIpc) is 2.82. The number of ether oxygens (including phenoxy) is 3. The first-order valence-electron chi connectivity index (χ1n) is 10.1. The van der Waals surface area contributed by atoms with Crippen molar-refractivity contribution in [3.63, 3.8) is 0 Å². The number of methoxy groups -OCH3 is 3. The molecule has 0 radical (unpaired) electrons. The van der Waals surface area contributed by atoms with E-state index in [2.05, 4.69) is 16.3 Å². The zero-order valence-corrected chi connectivity index (χ0v) is 18.2. The van der Waals surface area contributed by atoms with Gasteiger partial charge in [-0.25, -0.2) is 4.79 Å². The summed E-state index contributed by atoms with van der Waals surface area (Å²) in [5.74, 6) is 1.64. The van der Waals surface area contributed by atoms with E-state index >= 15 is 0 Å². The van der Waals surface area contributed by atoms with Crippen LogP contribution in [0, 0.1) is 11.3 Å². The maximum Gasteiger partial charge on any atom is 0.317 e. The van der Waals surface area contributed by atoms with Gasteiger partial charge in [0.1, 0.15) is 0 Å². The van der Waals surface area contributed by atoms with E-state index in [9.17, 15) is 4.79 Å². The third kappa shape index (κ3) is 5.58. The predicted molar refractivity (Wildman–Crippen MR) is 116 cm³/mol. The van der Waals surface area contributed by atoms with E-state index in [4.69, 9.17) is 19.5 Å². The topological polar surface area (TPSA) is 87.1 Å². The Bertz CT molecular complexity index is 907. The molecule has 1 aliphatic heterocycles. The monoisotopic (exact) mass is 424 g/mol. The minimum atomic E-state index is -0.0909. The van der Waals surface area contributed by atoms with Crippen LogP contribution in [0.2, 0.25) is 0 Å². The zero-order valence-electron chi connectivity index (χ0n) is 18.2. The molecule has 8 heteroatoms. The van der Waals surface area contributed by atoms with Crippen LogP contribution in [0.4, 0.5) is 4.79 Å². The lowest BCUT2D eigenvalue weighted by Gasteiger charge is -2.34. The summed E-state index contributed by atoms with van der Waals surface area (Å²) in [5, 5.41) is 11.9. The molecule has 0 spiro atoms. The fourth-order valence-electron chi connectivity index (χ4n) is 3.58. The highest BCUT2D eigenvalue weighted by Crippen LogP contribution is 2.38. The standard InChI is InChI=1S/C23H28N4O4/c1-29-20-12-19(13-21(30-2)22(20)31-3)15-25-23(28)27-10-8-26(9-11-27)16-18-6-4-17(14-24)5-7-18/h4-7,12-13H,8-11,15-16H2,1-3H3,(H,25,28). The highest BCUT2D eigenvalue weighted by molar-refractivity contribution is 5.74. The van der Waals surface area contributed by atoms with E-state index in [0.29, 0.717) is 42.4 Å². The first kappa shape index (κ1) is 22.2. The summed E-state index contributed by atoms with van der Waals surface area (Å²) in [7, 11) is 4.69. The normalized spacial score (nSPS) is 13.9. The van der Waals surface area contributed by atoms with Crippen molar-refractivity contribution in [3.8, 4) is 23.3 Å². The summed E-state index contributed by atoms with van der Waals surface area (Å²) in [5.41, 5.74) is 2.69. The van der Waals surface area contributed by atoms with Crippen molar-refractivity contribution >= 4 is 6.03 Å². The third-order valence-electron chi connectivity index (χ3n) is 5.32. The number of nitrogens with zero attached hydrogens (tertiary/aromatic N) is 3. The van der Waals surface area contributed by atoms with Gasteiger partial charge in [0, 0.05) is 39.3 Å². The molecule has 0 aliphatic carbocycles. The van der Waals surface area contributed by atoms with Gasteiger partial charge in [-0.1, -0.05) is 12.1 Å². The van der Waals surface area contributed by atoms with Crippen LogP contribution in [0.5, 0.6) is 17.2 Å². The fraction of sp³-hybridized carbons (Fsp3) is 0.391. The molecule has 31 heavy (non-hydrogen) atoms. The molecule has 2 amide bonds. The van der Waals surface area contributed by atoms with Gasteiger partial charge in [0.15, 0.2) is 11.5 Å². The van der Waals surface area contributed by atoms with E-state index in [1.165, 1.54) is 5.56 Å². The van der Waals surface area contributed by atoms with Gasteiger partial charge in [-0.3, -0.25) is 4.90 Å². The number of carbonyl (C=O) groups excluding carboxylic acids is 1. The lowest BCUT2D eigenvalue weighted by atomic mass is 10.1. The number of hydrogen-bond acceptors (Lipinski definition) is 6. The molecule has 1 saturated heterocycles. The van der Waals surface area contributed by atoms with Crippen molar-refractivity contribution in [2.75, 3.05) is 47.5 Å². The van der Waals surface area contributed by atoms with Crippen molar-refractivity contribution in [1.82, 2.24) is 15.1 Å². The molecule has 0 saturated carbocycles. The number of urea groups is 1. The maximum absolute atomic E-state index is 12.6. The highest BCUT2D eigenvalue weighted by Gasteiger charge is 2.21. The molecule has 1 N–H and O–H groups in total. The van der Waals surface area contributed by atoms with Crippen LogP contribution in [-0.2, 0) is 13.1 Å². The van der Waals surface area contributed by atoms with Gasteiger partial charge in [-0.15, -0.1) is 0 Å². The van der Waals surface area contributed by atoms with E-state index < -0.39 is 0 Å². The first-order chi connectivity index (χ1) is 15.1. The molecule has 3 rings (SSSR count). The molecule has 164 valence electrons. The summed E-state index contributed by atoms with van der Waals surface area (Å²) in [6.45, 7) is 4.11. The van der Waals surface area contributed by atoms with Crippen LogP contribution in [-0.4, -0.2) is 63.3 Å². The quantitative estimate of drug-likeness (QED) is 0.735. The van der Waals surface area contributed by atoms with Crippen LogP contribution in [0.15, 0.2) is 36.4 Å². The van der Waals surface area contributed by atoms with Crippen molar-refractivity contribution < 1.29 is 19.0 Å². The molecule has 1 fully saturated rings. The van der Waals surface area contributed by atoms with Crippen molar-refractivity contribution in [2.24, 2.45) is 0 Å². The van der Waals surface area contributed by atoms with Gasteiger partial charge in [0.05, 0.1) is 33.0 Å². The second-order valence-corrected chi connectivity index (χ2v) is 7.26. The Morgan fingerprint density at radius 1 is 0.968 bits per heavy atom. The van der Waals surface area contributed by atoms with Gasteiger partial charge >= 0.3 is 6.03 Å². The lowest BCUT2D eigenvalue weighted by molar-refractivity contribution is 0.135. The second kappa shape index (κ2) is 10.5. The molecular weight excluding hydrogens is 396 g/mol. The average molecular weight is 425 g/mol. The van der Waals surface area contributed by atoms with Crippen molar-refractivity contribution in [1.29, 1.82) is 5.26 Å². The molecule has 1 aliphatic rings. The Kier molecular flexibility index (Phi) is 7.57. The molecule has 0 bridgehead atoms. The molecule has 2 aromatic carbocycles. The zero-order chi connectivity index (χ0) is 22.2. The van der Waals surface area contributed by atoms with E-state index in [-0.39, 0.29) is 6.03 Å². The summed E-state index contributed by atoms with van der Waals surface area (Å²) in [4.78, 5) is 16.8. The molecule has 0 aromatic heterocycles. The molecule has 2 aromatic rings. The highest BCUT2D eigenvalue weighted by atomic mass is 16.5. The number of nitrogens with one attached hydrogen (secondary N) is 1. The van der Waals surface area contributed by atoms with Gasteiger partial charge < -0.3 is 24.4 Å². The molecule has 8 nitrogen and oxygen atoms in total. The number of benzene rings is 2. The summed E-state index contributed by atoms with van der Waals surface area (Å²) in [6.07, 6.45) is 0. The van der Waals surface area contributed by atoms with Crippen molar-refractivity contribution in [3.05, 3.63) is 53.1 Å². The number of piperazine rings is 1. The number of rotatable bonds is 7. The molecule has 0 atom stereocenters. The van der Waals surface area contributed by atoms with Crippen LogP contribution in [0.1, 0.15) is 16.7 Å². The summed E-state index contributed by atoms with van der Waals surface area (Å²) >= 11 is 0. The third-order valence-corrected chi connectivity index (χ3v) is 5.32. The van der Waals surface area contributed by atoms with Crippen LogP contribution in [0.25, 0.3) is 0 Å². The second-order valence-electron chi connectivity index (χ2n) is 7.26. The fourth-order valence-corrected chi connectivity index (χ4v) is 3.58.